The third kappa shape index (κ3) is 3.82. The Labute approximate surface area is 202 Å². The van der Waals surface area contributed by atoms with Crippen LogP contribution < -0.4 is 19.7 Å². The first-order chi connectivity index (χ1) is 17.1. The van der Waals surface area contributed by atoms with Gasteiger partial charge in [-0.25, -0.2) is 4.68 Å². The lowest BCUT2D eigenvalue weighted by Crippen LogP contribution is -2.38. The summed E-state index contributed by atoms with van der Waals surface area (Å²) in [4.78, 5) is 15.1. The van der Waals surface area contributed by atoms with Crippen molar-refractivity contribution in [2.45, 2.75) is 26.7 Å². The number of carbonyl (C=O) groups is 1. The lowest BCUT2D eigenvalue weighted by atomic mass is 9.95. The molecule has 0 aliphatic carbocycles. The Morgan fingerprint density at radius 1 is 1.00 bits per heavy atom. The summed E-state index contributed by atoms with van der Waals surface area (Å²) in [6.07, 6.45) is 1.46. The van der Waals surface area contributed by atoms with E-state index in [0.29, 0.717) is 24.6 Å². The average molecular weight is 471 g/mol. The maximum Gasteiger partial charge on any atom is 0.231 e. The fourth-order valence-electron chi connectivity index (χ4n) is 4.92. The van der Waals surface area contributed by atoms with Crippen molar-refractivity contribution >= 4 is 28.3 Å². The van der Waals surface area contributed by atoms with Gasteiger partial charge in [0.2, 0.25) is 12.7 Å². The van der Waals surface area contributed by atoms with Crippen LogP contribution in [0.1, 0.15) is 24.2 Å². The molecule has 0 radical (unpaired) electrons. The summed E-state index contributed by atoms with van der Waals surface area (Å²) in [7, 11) is 0. The first-order valence-corrected chi connectivity index (χ1v) is 11.8. The molecule has 2 aromatic heterocycles. The van der Waals surface area contributed by atoms with Crippen LogP contribution in [-0.4, -0.2) is 45.8 Å². The zero-order valence-corrected chi connectivity index (χ0v) is 19.7. The van der Waals surface area contributed by atoms with Crippen LogP contribution in [0.2, 0.25) is 0 Å². The second-order valence-corrected chi connectivity index (χ2v) is 8.98. The number of fused-ring (bicyclic) bond motifs is 2. The number of aromatic nitrogens is 4. The van der Waals surface area contributed by atoms with Crippen molar-refractivity contribution in [3.63, 3.8) is 0 Å². The topological polar surface area (TPSA) is 94.4 Å². The van der Waals surface area contributed by atoms with Gasteiger partial charge in [0.05, 0.1) is 22.5 Å². The van der Waals surface area contributed by atoms with E-state index in [4.69, 9.17) is 14.6 Å². The van der Waals surface area contributed by atoms with Gasteiger partial charge < -0.3 is 19.7 Å². The van der Waals surface area contributed by atoms with E-state index in [-0.39, 0.29) is 18.6 Å². The number of nitrogens with one attached hydrogen (secondary N) is 1. The molecule has 6 rings (SSSR count). The van der Waals surface area contributed by atoms with Gasteiger partial charge >= 0.3 is 0 Å². The standard InChI is InChI=1S/C26H26N6O3/c1-16-23-17(2)32(20-6-4-3-5-7-20)30-24(23)25(29-28-16)31-12-10-18(11-13-31)26(33)27-19-8-9-21-22(14-19)35-15-34-21/h3-9,14,18H,10-13,15H2,1-2H3,(H,27,33). The van der Waals surface area contributed by atoms with Crippen molar-refractivity contribution in [1.82, 2.24) is 20.0 Å². The molecule has 0 unspecified atom stereocenters. The quantitative estimate of drug-likeness (QED) is 0.481. The fourth-order valence-corrected chi connectivity index (χ4v) is 4.92. The Morgan fingerprint density at radius 3 is 2.57 bits per heavy atom. The smallest absolute Gasteiger partial charge is 0.231 e. The Kier molecular flexibility index (Phi) is 5.24. The molecule has 2 aromatic carbocycles. The van der Waals surface area contributed by atoms with Crippen LogP contribution in [0.3, 0.4) is 0 Å². The highest BCUT2D eigenvalue weighted by molar-refractivity contribution is 5.94. The highest BCUT2D eigenvalue weighted by Crippen LogP contribution is 2.35. The monoisotopic (exact) mass is 470 g/mol. The van der Waals surface area contributed by atoms with Gasteiger partial charge in [0.15, 0.2) is 17.3 Å². The van der Waals surface area contributed by atoms with E-state index >= 15 is 0 Å². The van der Waals surface area contributed by atoms with Crippen LogP contribution >= 0.6 is 0 Å². The second kappa shape index (κ2) is 8.57. The molecule has 0 bridgehead atoms. The SMILES string of the molecule is Cc1nnc(N2CCC(C(=O)Nc3ccc4c(c3)OCO4)CC2)c2nn(-c3ccccc3)c(C)c12. The third-order valence-electron chi connectivity index (χ3n) is 6.79. The molecule has 178 valence electrons. The van der Waals surface area contributed by atoms with Crippen molar-refractivity contribution in [2.24, 2.45) is 5.92 Å². The van der Waals surface area contributed by atoms with Crippen LogP contribution in [-0.2, 0) is 4.79 Å². The van der Waals surface area contributed by atoms with E-state index in [1.54, 1.807) is 6.07 Å². The summed E-state index contributed by atoms with van der Waals surface area (Å²) in [5.74, 6) is 2.08. The highest BCUT2D eigenvalue weighted by atomic mass is 16.7. The van der Waals surface area contributed by atoms with Gasteiger partial charge in [0.25, 0.3) is 0 Å². The van der Waals surface area contributed by atoms with Gasteiger partial charge in [-0.05, 0) is 51.0 Å². The summed E-state index contributed by atoms with van der Waals surface area (Å²) in [5, 5.41) is 17.9. The van der Waals surface area contributed by atoms with E-state index in [9.17, 15) is 4.79 Å². The highest BCUT2D eigenvalue weighted by Gasteiger charge is 2.28. The van der Waals surface area contributed by atoms with E-state index in [0.717, 1.165) is 52.3 Å². The number of benzene rings is 2. The number of piperidine rings is 1. The molecular formula is C26H26N6O3. The fraction of sp³-hybridized carbons (Fsp3) is 0.308. The van der Waals surface area contributed by atoms with Crippen LogP contribution in [0.5, 0.6) is 11.5 Å². The number of ether oxygens (including phenoxy) is 2. The number of para-hydroxylation sites is 1. The van der Waals surface area contributed by atoms with Gasteiger partial charge in [-0.15, -0.1) is 5.10 Å². The summed E-state index contributed by atoms with van der Waals surface area (Å²) in [6, 6.07) is 15.5. The minimum atomic E-state index is -0.0748. The van der Waals surface area contributed by atoms with Crippen molar-refractivity contribution in [1.29, 1.82) is 0 Å². The number of amides is 1. The third-order valence-corrected chi connectivity index (χ3v) is 6.79. The molecule has 2 aliphatic heterocycles. The first-order valence-electron chi connectivity index (χ1n) is 11.8. The van der Waals surface area contributed by atoms with E-state index in [2.05, 4.69) is 27.3 Å². The van der Waals surface area contributed by atoms with Crippen LogP contribution in [0.15, 0.2) is 48.5 Å². The Balaban J connectivity index is 1.20. The zero-order valence-electron chi connectivity index (χ0n) is 19.7. The maximum absolute atomic E-state index is 12.9. The number of hydrogen-bond donors (Lipinski definition) is 1. The van der Waals surface area contributed by atoms with Crippen LogP contribution in [0.4, 0.5) is 11.5 Å². The Morgan fingerprint density at radius 2 is 1.77 bits per heavy atom. The molecule has 1 amide bonds. The van der Waals surface area contributed by atoms with Gasteiger partial charge in [0, 0.05) is 30.8 Å². The molecular weight excluding hydrogens is 444 g/mol. The van der Waals surface area contributed by atoms with Gasteiger partial charge in [-0.3, -0.25) is 4.79 Å². The molecule has 0 spiro atoms. The second-order valence-electron chi connectivity index (χ2n) is 8.98. The van der Waals surface area contributed by atoms with Gasteiger partial charge in [0.1, 0.15) is 5.52 Å². The summed E-state index contributed by atoms with van der Waals surface area (Å²) in [6.45, 7) is 5.67. The molecule has 35 heavy (non-hydrogen) atoms. The molecule has 9 nitrogen and oxygen atoms in total. The minimum Gasteiger partial charge on any atom is -0.454 e. The van der Waals surface area contributed by atoms with Crippen molar-refractivity contribution < 1.29 is 14.3 Å². The number of rotatable bonds is 4. The lowest BCUT2D eigenvalue weighted by Gasteiger charge is -2.32. The largest absolute Gasteiger partial charge is 0.454 e. The zero-order chi connectivity index (χ0) is 23.9. The number of nitrogens with zero attached hydrogens (tertiary/aromatic N) is 5. The molecule has 0 saturated carbocycles. The van der Waals surface area contributed by atoms with E-state index in [1.165, 1.54) is 0 Å². The Hall–Kier alpha value is -4.14. The van der Waals surface area contributed by atoms with Gasteiger partial charge in [-0.2, -0.15) is 10.2 Å². The Bertz CT molecular complexity index is 1410. The minimum absolute atomic E-state index is 0.0212. The molecule has 1 fully saturated rings. The van der Waals surface area contributed by atoms with E-state index in [1.807, 2.05) is 54.1 Å². The molecule has 1 N–H and O–H groups in total. The maximum atomic E-state index is 12.9. The molecule has 2 aliphatic rings. The van der Waals surface area contributed by atoms with Crippen LogP contribution in [0, 0.1) is 19.8 Å². The molecule has 0 atom stereocenters. The number of hydrogen-bond acceptors (Lipinski definition) is 7. The average Bonchev–Trinajstić information content (AvgIpc) is 3.49. The van der Waals surface area contributed by atoms with Crippen molar-refractivity contribution in [2.75, 3.05) is 30.1 Å². The first kappa shape index (κ1) is 21.4. The van der Waals surface area contributed by atoms with Crippen LogP contribution in [0.25, 0.3) is 16.6 Å². The van der Waals surface area contributed by atoms with Gasteiger partial charge in [-0.1, -0.05) is 18.2 Å². The molecule has 4 aromatic rings. The van der Waals surface area contributed by atoms with E-state index < -0.39 is 0 Å². The number of carbonyl (C=O) groups excluding carboxylic acids is 1. The predicted molar refractivity (Wildman–Crippen MR) is 132 cm³/mol. The predicted octanol–water partition coefficient (Wildman–Crippen LogP) is 4.02. The number of aryl methyl sites for hydroxylation is 2. The molecule has 1 saturated heterocycles. The lowest BCUT2D eigenvalue weighted by molar-refractivity contribution is -0.120. The van der Waals surface area contributed by atoms with Crippen molar-refractivity contribution in [3.05, 3.63) is 59.9 Å². The number of anilines is 2. The summed E-state index contributed by atoms with van der Waals surface area (Å²) < 4.78 is 12.7. The normalized spacial score (nSPS) is 15.5. The summed E-state index contributed by atoms with van der Waals surface area (Å²) >= 11 is 0. The molecule has 9 heteroatoms. The molecule has 4 heterocycles. The van der Waals surface area contributed by atoms with Crippen molar-refractivity contribution in [3.8, 4) is 17.2 Å². The summed E-state index contributed by atoms with van der Waals surface area (Å²) in [5.41, 5.74) is 4.47.